The number of hydrogen-bond acceptors (Lipinski definition) is 2. The third-order valence-corrected chi connectivity index (χ3v) is 8.42. The molecule has 0 aromatic heterocycles. The monoisotopic (exact) mass is 286 g/mol. The maximum Gasteiger partial charge on any atom is 0.155 e. The zero-order valence-corrected chi connectivity index (χ0v) is 13.0. The number of allylic oxidation sites excluding steroid dienone is 1. The summed E-state index contributed by atoms with van der Waals surface area (Å²) in [5.41, 5.74) is 2.15. The van der Waals surface area contributed by atoms with Gasteiger partial charge >= 0.3 is 0 Å². The molecule has 0 amide bonds. The van der Waals surface area contributed by atoms with E-state index in [2.05, 4.69) is 6.92 Å². The van der Waals surface area contributed by atoms with Crippen LogP contribution >= 0.6 is 0 Å². The summed E-state index contributed by atoms with van der Waals surface area (Å²) in [5.74, 6) is 3.50. The number of aliphatic hydroxyl groups is 1. The second-order valence-corrected chi connectivity index (χ2v) is 8.79. The van der Waals surface area contributed by atoms with Crippen molar-refractivity contribution in [1.29, 1.82) is 0 Å². The maximum atomic E-state index is 11.7. The van der Waals surface area contributed by atoms with Crippen molar-refractivity contribution >= 4 is 5.78 Å². The summed E-state index contributed by atoms with van der Waals surface area (Å²) in [6.45, 7) is 2.39. The van der Waals surface area contributed by atoms with E-state index in [-0.39, 0.29) is 11.5 Å². The molecule has 1 N–H and O–H groups in total. The van der Waals surface area contributed by atoms with Crippen molar-refractivity contribution in [2.24, 2.45) is 34.5 Å². The normalized spacial score (nSPS) is 57.7. The summed E-state index contributed by atoms with van der Waals surface area (Å²) in [5, 5.41) is 10.6. The summed E-state index contributed by atoms with van der Waals surface area (Å²) < 4.78 is 0. The molecule has 21 heavy (non-hydrogen) atoms. The predicted octanol–water partition coefficient (Wildman–Crippen LogP) is 3.49. The molecule has 1 spiro atoms. The lowest BCUT2D eigenvalue weighted by Gasteiger charge is -2.55. The van der Waals surface area contributed by atoms with Gasteiger partial charge in [0.25, 0.3) is 0 Å². The van der Waals surface area contributed by atoms with Crippen LogP contribution in [0.15, 0.2) is 11.6 Å². The molecule has 5 rings (SSSR count). The van der Waals surface area contributed by atoms with Crippen LogP contribution in [0, 0.1) is 34.5 Å². The Labute approximate surface area is 127 Å². The molecule has 7 atom stereocenters. The van der Waals surface area contributed by atoms with Crippen LogP contribution in [-0.2, 0) is 4.79 Å². The highest BCUT2D eigenvalue weighted by Gasteiger charge is 2.76. The second-order valence-electron chi connectivity index (χ2n) is 8.79. The van der Waals surface area contributed by atoms with Crippen LogP contribution < -0.4 is 0 Å². The molecule has 2 nitrogen and oxygen atoms in total. The Morgan fingerprint density at radius 3 is 2.95 bits per heavy atom. The molecule has 0 aliphatic heterocycles. The minimum absolute atomic E-state index is 0.0536. The largest absolute Gasteiger partial charge is 0.393 e. The van der Waals surface area contributed by atoms with Gasteiger partial charge in [-0.1, -0.05) is 12.5 Å². The molecule has 0 saturated heterocycles. The number of ketones is 1. The van der Waals surface area contributed by atoms with E-state index in [9.17, 15) is 9.90 Å². The standard InChI is InChI=1S/C19H26O2/c1-18-7-6-15-14-4-3-13(20)8-11(14)2-5-16(15)19(18)10-12(19)9-17(18)21/h8,12,14-17,21H,2-7,9-10H2,1H3/t12?,14?,15?,16?,17-,18-,19?/m1/s1. The highest BCUT2D eigenvalue weighted by atomic mass is 16.3. The van der Waals surface area contributed by atoms with E-state index >= 15 is 0 Å². The molecule has 114 valence electrons. The van der Waals surface area contributed by atoms with E-state index in [4.69, 9.17) is 0 Å². The number of carbonyl (C=O) groups excluding carboxylic acids is 1. The highest BCUT2D eigenvalue weighted by molar-refractivity contribution is 5.91. The second kappa shape index (κ2) is 3.82. The van der Waals surface area contributed by atoms with E-state index in [1.54, 1.807) is 0 Å². The third kappa shape index (κ3) is 1.37. The van der Waals surface area contributed by atoms with Gasteiger partial charge in [0.2, 0.25) is 0 Å². The Hall–Kier alpha value is -0.630. The molecule has 2 heteroatoms. The van der Waals surface area contributed by atoms with Gasteiger partial charge in [-0.15, -0.1) is 0 Å². The van der Waals surface area contributed by atoms with Gasteiger partial charge in [-0.3, -0.25) is 4.79 Å². The number of fused-ring (bicyclic) bond motifs is 3. The van der Waals surface area contributed by atoms with Crippen molar-refractivity contribution in [3.63, 3.8) is 0 Å². The van der Waals surface area contributed by atoms with Gasteiger partial charge in [0, 0.05) is 6.42 Å². The van der Waals surface area contributed by atoms with Gasteiger partial charge in [-0.05, 0) is 85.5 Å². The van der Waals surface area contributed by atoms with Gasteiger partial charge in [0.1, 0.15) is 0 Å². The molecule has 4 saturated carbocycles. The number of hydrogen-bond donors (Lipinski definition) is 1. The average Bonchev–Trinajstić information content (AvgIpc) is 3.12. The summed E-state index contributed by atoms with van der Waals surface area (Å²) in [6, 6.07) is 0. The first-order valence-corrected chi connectivity index (χ1v) is 8.97. The van der Waals surface area contributed by atoms with Crippen molar-refractivity contribution in [3.8, 4) is 0 Å². The highest BCUT2D eigenvalue weighted by Crippen LogP contribution is 2.81. The van der Waals surface area contributed by atoms with E-state index in [1.807, 2.05) is 6.08 Å². The van der Waals surface area contributed by atoms with Crippen LogP contribution in [0.3, 0.4) is 0 Å². The maximum absolute atomic E-state index is 11.7. The van der Waals surface area contributed by atoms with Crippen LogP contribution in [0.4, 0.5) is 0 Å². The number of aliphatic hydroxyl groups excluding tert-OH is 1. The van der Waals surface area contributed by atoms with Crippen LogP contribution in [-0.4, -0.2) is 17.0 Å². The average molecular weight is 286 g/mol. The molecular formula is C19H26O2. The van der Waals surface area contributed by atoms with Crippen molar-refractivity contribution in [3.05, 3.63) is 11.6 Å². The molecule has 0 radical (unpaired) electrons. The summed E-state index contributed by atoms with van der Waals surface area (Å²) >= 11 is 0. The van der Waals surface area contributed by atoms with Crippen LogP contribution in [0.1, 0.15) is 58.3 Å². The van der Waals surface area contributed by atoms with Crippen molar-refractivity contribution in [2.75, 3.05) is 0 Å². The lowest BCUT2D eigenvalue weighted by atomic mass is 9.49. The van der Waals surface area contributed by atoms with Gasteiger partial charge < -0.3 is 5.11 Å². The molecular weight excluding hydrogens is 260 g/mol. The Morgan fingerprint density at radius 2 is 2.10 bits per heavy atom. The predicted molar refractivity (Wildman–Crippen MR) is 80.5 cm³/mol. The van der Waals surface area contributed by atoms with Crippen LogP contribution in [0.5, 0.6) is 0 Å². The van der Waals surface area contributed by atoms with Crippen molar-refractivity contribution in [2.45, 2.75) is 64.4 Å². The molecule has 0 aromatic rings. The lowest BCUT2D eigenvalue weighted by molar-refractivity contribution is -0.116. The molecule has 0 heterocycles. The van der Waals surface area contributed by atoms with E-state index in [1.165, 1.54) is 31.3 Å². The van der Waals surface area contributed by atoms with Gasteiger partial charge in [0.05, 0.1) is 6.10 Å². The minimum Gasteiger partial charge on any atom is -0.393 e. The fourth-order valence-corrected chi connectivity index (χ4v) is 7.40. The van der Waals surface area contributed by atoms with E-state index in [0.717, 1.165) is 43.4 Å². The third-order valence-electron chi connectivity index (χ3n) is 8.42. The first-order chi connectivity index (χ1) is 10.1. The first-order valence-electron chi connectivity index (χ1n) is 8.97. The Kier molecular flexibility index (Phi) is 2.34. The minimum atomic E-state index is -0.0536. The fourth-order valence-electron chi connectivity index (χ4n) is 7.40. The van der Waals surface area contributed by atoms with E-state index < -0.39 is 0 Å². The fraction of sp³-hybridized carbons (Fsp3) is 0.842. The van der Waals surface area contributed by atoms with Gasteiger partial charge in [0.15, 0.2) is 5.78 Å². The molecule has 4 fully saturated rings. The summed E-state index contributed by atoms with van der Waals surface area (Å²) in [6.07, 6.45) is 11.2. The molecule has 0 bridgehead atoms. The van der Waals surface area contributed by atoms with E-state index in [0.29, 0.717) is 17.1 Å². The number of rotatable bonds is 0. The Balaban J connectivity index is 1.53. The lowest BCUT2D eigenvalue weighted by Crippen LogP contribution is -2.50. The topological polar surface area (TPSA) is 37.3 Å². The van der Waals surface area contributed by atoms with Crippen LogP contribution in [0.2, 0.25) is 0 Å². The smallest absolute Gasteiger partial charge is 0.155 e. The molecule has 5 unspecified atom stereocenters. The molecule has 5 aliphatic rings. The Bertz CT molecular complexity index is 550. The van der Waals surface area contributed by atoms with Gasteiger partial charge in [-0.2, -0.15) is 0 Å². The Morgan fingerprint density at radius 1 is 1.24 bits per heavy atom. The van der Waals surface area contributed by atoms with Crippen molar-refractivity contribution < 1.29 is 9.90 Å². The van der Waals surface area contributed by atoms with Crippen molar-refractivity contribution in [1.82, 2.24) is 0 Å². The first kappa shape index (κ1) is 12.9. The zero-order valence-electron chi connectivity index (χ0n) is 13.0. The molecule has 0 aromatic carbocycles. The van der Waals surface area contributed by atoms with Gasteiger partial charge in [-0.25, -0.2) is 0 Å². The van der Waals surface area contributed by atoms with Crippen LogP contribution in [0.25, 0.3) is 0 Å². The number of carbonyl (C=O) groups is 1. The zero-order chi connectivity index (χ0) is 14.4. The quantitative estimate of drug-likeness (QED) is 0.740. The summed E-state index contributed by atoms with van der Waals surface area (Å²) in [4.78, 5) is 11.7. The SMILES string of the molecule is C[C@]12CCC3C4CCC(=O)C=C4CCC3C13CC3C[C@H]2O. The molecule has 5 aliphatic carbocycles. The summed E-state index contributed by atoms with van der Waals surface area (Å²) in [7, 11) is 0.